The number of aryl methyl sites for hydroxylation is 1. The summed E-state index contributed by atoms with van der Waals surface area (Å²) in [6.45, 7) is 1.90. The van der Waals surface area contributed by atoms with Crippen molar-refractivity contribution in [1.29, 1.82) is 0 Å². The molecule has 1 radical (unpaired) electrons. The van der Waals surface area contributed by atoms with E-state index in [0.717, 1.165) is 5.01 Å². The number of hydrogen-bond donors (Lipinski definition) is 0. The summed E-state index contributed by atoms with van der Waals surface area (Å²) in [5, 5.41) is 8.06. The second-order valence-corrected chi connectivity index (χ2v) is 1.89. The van der Waals surface area contributed by atoms with E-state index in [9.17, 15) is 0 Å². The molecule has 0 aliphatic carbocycles. The van der Waals surface area contributed by atoms with Crippen LogP contribution in [-0.4, -0.2) is 10.2 Å². The van der Waals surface area contributed by atoms with Crippen molar-refractivity contribution in [2.75, 3.05) is 0 Å². The molecule has 0 N–H and O–H groups in total. The summed E-state index contributed by atoms with van der Waals surface area (Å²) >= 11 is 1.43. The molecule has 1 heterocycles. The molecule has 0 spiro atoms. The maximum atomic E-state index is 3.63. The minimum Gasteiger partial charge on any atom is -0.316 e. The van der Waals surface area contributed by atoms with Gasteiger partial charge in [0, 0.05) is 19.5 Å². The van der Waals surface area contributed by atoms with Gasteiger partial charge in [0.05, 0.1) is 0 Å². The Bertz CT molecular complexity index is 116. The fraction of sp³-hybridized carbons (Fsp3) is 0.333. The Morgan fingerprint density at radius 3 is 2.57 bits per heavy atom. The molecule has 0 fully saturated rings. The molecule has 0 saturated heterocycles. The van der Waals surface area contributed by atoms with Crippen LogP contribution >= 0.6 is 11.3 Å². The molecule has 4 heteroatoms. The van der Waals surface area contributed by atoms with Crippen molar-refractivity contribution >= 4 is 11.3 Å². The second kappa shape index (κ2) is 3.22. The summed E-state index contributed by atoms with van der Waals surface area (Å²) in [5.74, 6) is 0. The first-order valence-electron chi connectivity index (χ1n) is 1.56. The molecule has 1 rings (SSSR count). The van der Waals surface area contributed by atoms with Crippen LogP contribution in [0, 0.1) is 12.4 Å². The second-order valence-electron chi connectivity index (χ2n) is 0.912. The molecular weight excluding hydrogens is 199 g/mol. The molecule has 1 aromatic heterocycles. The summed E-state index contributed by atoms with van der Waals surface area (Å²) in [6, 6.07) is 0. The fourth-order valence-electron chi connectivity index (χ4n) is 0.198. The van der Waals surface area contributed by atoms with Crippen LogP contribution in [0.3, 0.4) is 0 Å². The van der Waals surface area contributed by atoms with Crippen molar-refractivity contribution in [1.82, 2.24) is 10.2 Å². The summed E-state index contributed by atoms with van der Waals surface area (Å²) in [5.41, 5.74) is 2.61. The summed E-state index contributed by atoms with van der Waals surface area (Å²) < 4.78 is 0. The Hall–Kier alpha value is 0.183. The van der Waals surface area contributed by atoms with Crippen LogP contribution in [0.4, 0.5) is 0 Å². The minimum atomic E-state index is 0. The van der Waals surface area contributed by atoms with E-state index >= 15 is 0 Å². The minimum absolute atomic E-state index is 0. The van der Waals surface area contributed by atoms with Crippen molar-refractivity contribution in [2.24, 2.45) is 0 Å². The van der Waals surface area contributed by atoms with E-state index in [1.54, 1.807) is 0 Å². The largest absolute Gasteiger partial charge is 0.316 e. The van der Waals surface area contributed by atoms with Crippen molar-refractivity contribution in [2.45, 2.75) is 6.92 Å². The van der Waals surface area contributed by atoms with Gasteiger partial charge in [0.15, 0.2) is 0 Å². The third kappa shape index (κ3) is 2.10. The average molecular weight is 202 g/mol. The zero-order valence-corrected chi connectivity index (χ0v) is 6.09. The molecule has 0 amide bonds. The van der Waals surface area contributed by atoms with Crippen LogP contribution in [0.2, 0.25) is 0 Å². The molecule has 0 aromatic carbocycles. The van der Waals surface area contributed by atoms with Crippen LogP contribution in [0.25, 0.3) is 0 Å². The number of aromatic nitrogens is 2. The Kier molecular flexibility index (Phi) is 3.30. The van der Waals surface area contributed by atoms with Gasteiger partial charge in [-0.2, -0.15) is 0 Å². The molecular formula is C3H3N2RhS-. The van der Waals surface area contributed by atoms with E-state index in [-0.39, 0.29) is 19.5 Å². The number of nitrogens with zero attached hydrogens (tertiary/aromatic N) is 2. The van der Waals surface area contributed by atoms with Crippen LogP contribution in [0.15, 0.2) is 0 Å². The Labute approximate surface area is 58.7 Å². The molecule has 0 bridgehead atoms. The molecule has 2 nitrogen and oxygen atoms in total. The first kappa shape index (κ1) is 7.18. The summed E-state index contributed by atoms with van der Waals surface area (Å²) in [7, 11) is 0. The van der Waals surface area contributed by atoms with Crippen molar-refractivity contribution in [3.63, 3.8) is 0 Å². The van der Waals surface area contributed by atoms with Crippen LogP contribution in [0.1, 0.15) is 5.01 Å². The first-order valence-corrected chi connectivity index (χ1v) is 2.37. The zero-order valence-electron chi connectivity index (χ0n) is 3.64. The van der Waals surface area contributed by atoms with Gasteiger partial charge in [-0.25, -0.2) is 0 Å². The van der Waals surface area contributed by atoms with Crippen LogP contribution in [0.5, 0.6) is 0 Å². The zero-order chi connectivity index (χ0) is 4.41. The Balaban J connectivity index is 0.000000360. The molecule has 7 heavy (non-hydrogen) atoms. The number of hydrogen-bond acceptors (Lipinski definition) is 3. The summed E-state index contributed by atoms with van der Waals surface area (Å²) in [6.07, 6.45) is 0. The third-order valence-corrected chi connectivity index (χ3v) is 0.975. The van der Waals surface area contributed by atoms with E-state index in [1.807, 2.05) is 6.92 Å². The average Bonchev–Trinajstić information content (AvgIpc) is 1.86. The van der Waals surface area contributed by atoms with Gasteiger partial charge in [0.25, 0.3) is 0 Å². The van der Waals surface area contributed by atoms with Gasteiger partial charge < -0.3 is 11.3 Å². The molecule has 41 valence electrons. The third-order valence-electron chi connectivity index (χ3n) is 0.425. The molecule has 0 aliphatic heterocycles. The maximum absolute atomic E-state index is 3.63. The van der Waals surface area contributed by atoms with E-state index in [4.69, 9.17) is 0 Å². The van der Waals surface area contributed by atoms with Gasteiger partial charge in [0.1, 0.15) is 0 Å². The van der Waals surface area contributed by atoms with Crippen LogP contribution in [-0.2, 0) is 19.5 Å². The van der Waals surface area contributed by atoms with Crippen LogP contribution < -0.4 is 0 Å². The normalized spacial score (nSPS) is 7.57. The monoisotopic (exact) mass is 202 g/mol. The van der Waals surface area contributed by atoms with Crippen molar-refractivity contribution < 1.29 is 19.5 Å². The van der Waals surface area contributed by atoms with Gasteiger partial charge in [-0.1, -0.05) is 12.4 Å². The van der Waals surface area contributed by atoms with E-state index in [2.05, 4.69) is 15.7 Å². The molecule has 1 aromatic rings. The molecule has 0 aliphatic rings. The molecule has 0 unspecified atom stereocenters. The molecule has 0 atom stereocenters. The van der Waals surface area contributed by atoms with Crippen molar-refractivity contribution in [3.8, 4) is 0 Å². The Morgan fingerprint density at radius 2 is 2.43 bits per heavy atom. The van der Waals surface area contributed by atoms with Gasteiger partial charge in [-0.3, -0.25) is 10.2 Å². The smallest absolute Gasteiger partial charge is 0 e. The van der Waals surface area contributed by atoms with E-state index in [0.29, 0.717) is 0 Å². The predicted molar refractivity (Wildman–Crippen MR) is 23.5 cm³/mol. The van der Waals surface area contributed by atoms with Crippen molar-refractivity contribution in [3.05, 3.63) is 10.5 Å². The standard InChI is InChI=1S/C3H3N2S.Rh/c1-3-5-4-2-6-3;/h1H3;/q-1;. The van der Waals surface area contributed by atoms with E-state index < -0.39 is 0 Å². The maximum Gasteiger partial charge on any atom is 0 e. The van der Waals surface area contributed by atoms with Gasteiger partial charge in [-0.05, 0) is 5.01 Å². The Morgan fingerprint density at radius 1 is 1.71 bits per heavy atom. The van der Waals surface area contributed by atoms with Gasteiger partial charge in [-0.15, -0.1) is 0 Å². The topological polar surface area (TPSA) is 25.8 Å². The predicted octanol–water partition coefficient (Wildman–Crippen LogP) is 0.644. The first-order chi connectivity index (χ1) is 2.89. The van der Waals surface area contributed by atoms with E-state index in [1.165, 1.54) is 11.3 Å². The number of rotatable bonds is 0. The molecule has 0 saturated carbocycles. The van der Waals surface area contributed by atoms with Gasteiger partial charge >= 0.3 is 0 Å². The summed E-state index contributed by atoms with van der Waals surface area (Å²) in [4.78, 5) is 0. The quantitative estimate of drug-likeness (QED) is 0.455. The van der Waals surface area contributed by atoms with Gasteiger partial charge in [0.2, 0.25) is 0 Å². The fourth-order valence-corrected chi connectivity index (χ4v) is 0.493. The SMILES string of the molecule is Cc1nn[c-]s1.[Rh].